The Morgan fingerprint density at radius 2 is 1.86 bits per heavy atom. The third kappa shape index (κ3) is 3.85. The maximum Gasteiger partial charge on any atom is 0.0330 e. The lowest BCUT2D eigenvalue weighted by Gasteiger charge is -2.49. The van der Waals surface area contributed by atoms with Gasteiger partial charge >= 0.3 is 0 Å². The molecule has 1 atom stereocenters. The topological polar surface area (TPSA) is 32.5 Å². The number of rotatable bonds is 7. The van der Waals surface area contributed by atoms with Gasteiger partial charge in [-0.05, 0) is 71.4 Å². The van der Waals surface area contributed by atoms with Gasteiger partial charge in [0.05, 0.1) is 0 Å². The van der Waals surface area contributed by atoms with E-state index in [9.17, 15) is 0 Å². The van der Waals surface area contributed by atoms with Gasteiger partial charge in [0.15, 0.2) is 0 Å². The smallest absolute Gasteiger partial charge is 0.0330 e. The number of nitrogens with zero attached hydrogens (tertiary/aromatic N) is 2. The van der Waals surface area contributed by atoms with E-state index in [0.717, 1.165) is 19.5 Å². The van der Waals surface area contributed by atoms with Crippen molar-refractivity contribution < 1.29 is 0 Å². The van der Waals surface area contributed by atoms with E-state index < -0.39 is 0 Å². The molecule has 1 saturated carbocycles. The third-order valence-electron chi connectivity index (χ3n) is 5.21. The molecule has 2 N–H and O–H groups in total. The van der Waals surface area contributed by atoms with E-state index in [2.05, 4.69) is 62.1 Å². The fraction of sp³-hybridized carbons (Fsp3) is 0.667. The minimum Gasteiger partial charge on any atom is -0.324 e. The first-order chi connectivity index (χ1) is 9.94. The molecule has 1 unspecified atom stereocenters. The van der Waals surface area contributed by atoms with Crippen LogP contribution in [0.4, 0.5) is 0 Å². The van der Waals surface area contributed by atoms with Crippen LogP contribution in [0.2, 0.25) is 0 Å². The van der Waals surface area contributed by atoms with E-state index in [1.807, 2.05) is 0 Å². The third-order valence-corrected chi connectivity index (χ3v) is 5.21. The lowest BCUT2D eigenvalue weighted by molar-refractivity contribution is 0.0272. The standard InChI is InChI=1S/C18H31N3/c1-15-8-5-6-9-16(15)17(19)10-13-21(4)14-18(20(2)3)11-7-12-18/h5-6,8-9,17H,7,10-14,19H2,1-4H3. The van der Waals surface area contributed by atoms with Gasteiger partial charge in [-0.1, -0.05) is 24.3 Å². The highest BCUT2D eigenvalue weighted by Crippen LogP contribution is 2.36. The molecule has 0 amide bonds. The summed E-state index contributed by atoms with van der Waals surface area (Å²) in [5.74, 6) is 0. The Morgan fingerprint density at radius 3 is 2.38 bits per heavy atom. The number of benzene rings is 1. The summed E-state index contributed by atoms with van der Waals surface area (Å²) in [7, 11) is 6.66. The molecule has 0 aromatic heterocycles. The highest BCUT2D eigenvalue weighted by Gasteiger charge is 2.39. The van der Waals surface area contributed by atoms with E-state index in [-0.39, 0.29) is 6.04 Å². The molecule has 1 aromatic rings. The monoisotopic (exact) mass is 289 g/mol. The normalized spacial score (nSPS) is 18.8. The average molecular weight is 289 g/mol. The highest BCUT2D eigenvalue weighted by molar-refractivity contribution is 5.28. The van der Waals surface area contributed by atoms with Crippen LogP contribution in [0, 0.1) is 6.92 Å². The zero-order valence-corrected chi connectivity index (χ0v) is 14.1. The maximum atomic E-state index is 6.38. The van der Waals surface area contributed by atoms with Gasteiger partial charge < -0.3 is 15.5 Å². The van der Waals surface area contributed by atoms with E-state index in [0.29, 0.717) is 5.54 Å². The van der Waals surface area contributed by atoms with Crippen LogP contribution in [0.15, 0.2) is 24.3 Å². The SMILES string of the molecule is Cc1ccccc1C(N)CCN(C)CC1(N(C)C)CCC1. The quantitative estimate of drug-likeness (QED) is 0.838. The zero-order valence-electron chi connectivity index (χ0n) is 14.1. The lowest BCUT2D eigenvalue weighted by Crippen LogP contribution is -2.56. The van der Waals surface area contributed by atoms with Crippen LogP contribution >= 0.6 is 0 Å². The van der Waals surface area contributed by atoms with E-state index in [4.69, 9.17) is 5.73 Å². The molecule has 1 aliphatic carbocycles. The van der Waals surface area contributed by atoms with Crippen LogP contribution in [-0.2, 0) is 0 Å². The van der Waals surface area contributed by atoms with Gasteiger partial charge in [-0.15, -0.1) is 0 Å². The molecule has 21 heavy (non-hydrogen) atoms. The van der Waals surface area contributed by atoms with Gasteiger partial charge in [0.1, 0.15) is 0 Å². The molecular formula is C18H31N3. The molecule has 0 spiro atoms. The molecule has 1 aliphatic rings. The minimum absolute atomic E-state index is 0.144. The summed E-state index contributed by atoms with van der Waals surface area (Å²) in [6.07, 6.45) is 5.04. The van der Waals surface area contributed by atoms with E-state index in [1.165, 1.54) is 30.4 Å². The number of aryl methyl sites for hydroxylation is 1. The van der Waals surface area contributed by atoms with Crippen molar-refractivity contribution in [3.63, 3.8) is 0 Å². The van der Waals surface area contributed by atoms with Gasteiger partial charge in [-0.2, -0.15) is 0 Å². The van der Waals surface area contributed by atoms with Gasteiger partial charge in [-0.3, -0.25) is 0 Å². The largest absolute Gasteiger partial charge is 0.324 e. The van der Waals surface area contributed by atoms with Crippen molar-refractivity contribution in [1.29, 1.82) is 0 Å². The number of nitrogens with two attached hydrogens (primary N) is 1. The molecule has 1 fully saturated rings. The van der Waals surface area contributed by atoms with E-state index in [1.54, 1.807) is 0 Å². The Bertz CT molecular complexity index is 452. The number of hydrogen-bond donors (Lipinski definition) is 1. The first kappa shape index (κ1) is 16.5. The fourth-order valence-corrected chi connectivity index (χ4v) is 3.43. The Kier molecular flexibility index (Phi) is 5.42. The van der Waals surface area contributed by atoms with Crippen LogP contribution < -0.4 is 5.73 Å². The Hall–Kier alpha value is -0.900. The molecule has 2 rings (SSSR count). The van der Waals surface area contributed by atoms with Crippen LogP contribution in [0.25, 0.3) is 0 Å². The summed E-state index contributed by atoms with van der Waals surface area (Å²) < 4.78 is 0. The Morgan fingerprint density at radius 1 is 1.19 bits per heavy atom. The fourth-order valence-electron chi connectivity index (χ4n) is 3.43. The predicted octanol–water partition coefficient (Wildman–Crippen LogP) is 2.80. The Balaban J connectivity index is 1.84. The molecule has 0 aliphatic heterocycles. The molecule has 1 aromatic carbocycles. The predicted molar refractivity (Wildman–Crippen MR) is 90.5 cm³/mol. The van der Waals surface area contributed by atoms with Gasteiger partial charge in [0, 0.05) is 18.1 Å². The molecule has 118 valence electrons. The number of likely N-dealkylation sites (N-methyl/N-ethyl adjacent to an activating group) is 2. The van der Waals surface area contributed by atoms with E-state index >= 15 is 0 Å². The molecule has 3 heteroatoms. The van der Waals surface area contributed by atoms with Crippen molar-refractivity contribution in [3.8, 4) is 0 Å². The lowest BCUT2D eigenvalue weighted by atomic mass is 9.75. The molecule has 0 saturated heterocycles. The second-order valence-corrected chi connectivity index (χ2v) is 6.96. The summed E-state index contributed by atoms with van der Waals surface area (Å²) in [5.41, 5.74) is 9.37. The van der Waals surface area contributed by atoms with Crippen LogP contribution in [-0.4, -0.2) is 49.6 Å². The minimum atomic E-state index is 0.144. The first-order valence-electron chi connectivity index (χ1n) is 8.12. The summed E-state index contributed by atoms with van der Waals surface area (Å²) in [5, 5.41) is 0. The van der Waals surface area contributed by atoms with Gasteiger partial charge in [-0.25, -0.2) is 0 Å². The van der Waals surface area contributed by atoms with Crippen LogP contribution in [0.3, 0.4) is 0 Å². The zero-order chi connectivity index (χ0) is 15.5. The van der Waals surface area contributed by atoms with Crippen LogP contribution in [0.1, 0.15) is 42.9 Å². The second kappa shape index (κ2) is 6.91. The highest BCUT2D eigenvalue weighted by atomic mass is 15.2. The molecule has 3 nitrogen and oxygen atoms in total. The maximum absolute atomic E-state index is 6.38. The van der Waals surface area contributed by atoms with Crippen molar-refractivity contribution in [2.24, 2.45) is 5.73 Å². The second-order valence-electron chi connectivity index (χ2n) is 6.96. The molecule has 0 bridgehead atoms. The average Bonchev–Trinajstić information content (AvgIpc) is 2.40. The van der Waals surface area contributed by atoms with Gasteiger partial charge in [0.2, 0.25) is 0 Å². The Labute approximate surface area is 130 Å². The van der Waals surface area contributed by atoms with Crippen molar-refractivity contribution in [1.82, 2.24) is 9.80 Å². The van der Waals surface area contributed by atoms with Crippen molar-refractivity contribution in [3.05, 3.63) is 35.4 Å². The van der Waals surface area contributed by atoms with Gasteiger partial charge in [0.25, 0.3) is 0 Å². The van der Waals surface area contributed by atoms with Crippen molar-refractivity contribution >= 4 is 0 Å². The summed E-state index contributed by atoms with van der Waals surface area (Å²) >= 11 is 0. The van der Waals surface area contributed by atoms with Crippen molar-refractivity contribution in [2.45, 2.75) is 44.2 Å². The molecule has 0 radical (unpaired) electrons. The summed E-state index contributed by atoms with van der Waals surface area (Å²) in [6.45, 7) is 4.36. The number of hydrogen-bond acceptors (Lipinski definition) is 3. The first-order valence-corrected chi connectivity index (χ1v) is 8.12. The summed E-state index contributed by atoms with van der Waals surface area (Å²) in [4.78, 5) is 4.87. The van der Waals surface area contributed by atoms with Crippen LogP contribution in [0.5, 0.6) is 0 Å². The molecular weight excluding hydrogens is 258 g/mol. The molecule has 0 heterocycles. The summed E-state index contributed by atoms with van der Waals surface area (Å²) in [6, 6.07) is 8.61. The van der Waals surface area contributed by atoms with Crippen molar-refractivity contribution in [2.75, 3.05) is 34.2 Å².